The SMILES string of the molecule is Cc1ncc(CN2CCCc3nc(NC(=O)[C@H](O)C(C)(C)C)c(C)cc32)s1. The van der Waals surface area contributed by atoms with Crippen molar-refractivity contribution < 1.29 is 9.90 Å². The van der Waals surface area contributed by atoms with Gasteiger partial charge in [-0.2, -0.15) is 0 Å². The third-order valence-electron chi connectivity index (χ3n) is 4.78. The summed E-state index contributed by atoms with van der Waals surface area (Å²) in [5, 5.41) is 14.1. The molecule has 3 heterocycles. The fraction of sp³-hybridized carbons (Fsp3) is 0.550. The predicted molar refractivity (Wildman–Crippen MR) is 109 cm³/mol. The van der Waals surface area contributed by atoms with Crippen LogP contribution in [0, 0.1) is 19.3 Å². The summed E-state index contributed by atoms with van der Waals surface area (Å²) in [7, 11) is 0. The lowest BCUT2D eigenvalue weighted by Crippen LogP contribution is -2.38. The minimum atomic E-state index is -1.08. The molecule has 146 valence electrons. The molecule has 0 radical (unpaired) electrons. The van der Waals surface area contributed by atoms with Crippen LogP contribution in [0.5, 0.6) is 0 Å². The molecule has 0 saturated heterocycles. The maximum absolute atomic E-state index is 12.4. The van der Waals surface area contributed by atoms with E-state index < -0.39 is 17.4 Å². The van der Waals surface area contributed by atoms with Crippen molar-refractivity contribution in [2.24, 2.45) is 5.41 Å². The number of rotatable bonds is 4. The second-order valence-corrected chi connectivity index (χ2v) is 9.57. The molecule has 0 bridgehead atoms. The van der Waals surface area contributed by atoms with Crippen LogP contribution in [-0.2, 0) is 17.8 Å². The number of pyridine rings is 1. The van der Waals surface area contributed by atoms with Crippen molar-refractivity contribution in [2.75, 3.05) is 16.8 Å². The van der Waals surface area contributed by atoms with Crippen molar-refractivity contribution in [3.8, 4) is 0 Å². The molecule has 0 aliphatic carbocycles. The Labute approximate surface area is 164 Å². The van der Waals surface area contributed by atoms with Crippen LogP contribution < -0.4 is 10.2 Å². The number of fused-ring (bicyclic) bond motifs is 1. The molecule has 3 rings (SSSR count). The molecule has 2 N–H and O–H groups in total. The number of aliphatic hydroxyl groups excluding tert-OH is 1. The summed E-state index contributed by atoms with van der Waals surface area (Å²) < 4.78 is 0. The Balaban J connectivity index is 1.82. The molecule has 7 heteroatoms. The zero-order valence-corrected chi connectivity index (χ0v) is 17.5. The number of aryl methyl sites for hydroxylation is 3. The summed E-state index contributed by atoms with van der Waals surface area (Å²) in [6, 6.07) is 2.09. The fourth-order valence-corrected chi connectivity index (χ4v) is 4.00. The molecule has 6 nitrogen and oxygen atoms in total. The van der Waals surface area contributed by atoms with Gasteiger partial charge in [0.15, 0.2) is 0 Å². The molecular weight excluding hydrogens is 360 g/mol. The monoisotopic (exact) mass is 388 g/mol. The van der Waals surface area contributed by atoms with Crippen LogP contribution in [0.1, 0.15) is 48.3 Å². The Hall–Kier alpha value is -1.99. The van der Waals surface area contributed by atoms with Gasteiger partial charge in [0.25, 0.3) is 5.91 Å². The van der Waals surface area contributed by atoms with Crippen LogP contribution in [-0.4, -0.2) is 33.6 Å². The van der Waals surface area contributed by atoms with E-state index in [2.05, 4.69) is 21.3 Å². The number of aromatic nitrogens is 2. The minimum absolute atomic E-state index is 0.411. The molecule has 0 fully saturated rings. The normalized spacial score (nSPS) is 15.4. The van der Waals surface area contributed by atoms with Crippen molar-refractivity contribution in [1.82, 2.24) is 9.97 Å². The molecule has 0 unspecified atom stereocenters. The lowest BCUT2D eigenvalue weighted by Gasteiger charge is -2.31. The van der Waals surface area contributed by atoms with Gasteiger partial charge in [0.05, 0.1) is 22.9 Å². The van der Waals surface area contributed by atoms with Gasteiger partial charge in [0, 0.05) is 17.6 Å². The summed E-state index contributed by atoms with van der Waals surface area (Å²) >= 11 is 1.72. The summed E-state index contributed by atoms with van der Waals surface area (Å²) in [4.78, 5) is 25.0. The Kier molecular flexibility index (Phi) is 5.53. The second kappa shape index (κ2) is 7.56. The van der Waals surface area contributed by atoms with E-state index in [-0.39, 0.29) is 0 Å². The lowest BCUT2D eigenvalue weighted by molar-refractivity contribution is -0.129. The number of carbonyl (C=O) groups excluding carboxylic acids is 1. The molecule has 27 heavy (non-hydrogen) atoms. The highest BCUT2D eigenvalue weighted by Crippen LogP contribution is 2.32. The zero-order valence-electron chi connectivity index (χ0n) is 16.7. The topological polar surface area (TPSA) is 78.4 Å². The Morgan fingerprint density at radius 3 is 2.78 bits per heavy atom. The van der Waals surface area contributed by atoms with E-state index in [1.54, 1.807) is 11.3 Å². The molecule has 1 atom stereocenters. The maximum atomic E-state index is 12.4. The number of anilines is 2. The first kappa shape index (κ1) is 19.8. The van der Waals surface area contributed by atoms with Crippen LogP contribution in [0.15, 0.2) is 12.3 Å². The highest BCUT2D eigenvalue weighted by Gasteiger charge is 2.30. The van der Waals surface area contributed by atoms with Gasteiger partial charge < -0.3 is 15.3 Å². The largest absolute Gasteiger partial charge is 0.383 e. The average molecular weight is 389 g/mol. The van der Waals surface area contributed by atoms with Gasteiger partial charge in [-0.3, -0.25) is 4.79 Å². The van der Waals surface area contributed by atoms with Crippen LogP contribution in [0.25, 0.3) is 0 Å². The zero-order chi connectivity index (χ0) is 19.8. The van der Waals surface area contributed by atoms with Crippen molar-refractivity contribution in [3.05, 3.63) is 33.4 Å². The average Bonchev–Trinajstić information content (AvgIpc) is 2.99. The van der Waals surface area contributed by atoms with Gasteiger partial charge in [0.2, 0.25) is 0 Å². The van der Waals surface area contributed by atoms with Crippen molar-refractivity contribution in [1.29, 1.82) is 0 Å². The summed E-state index contributed by atoms with van der Waals surface area (Å²) in [5.41, 5.74) is 2.50. The van der Waals surface area contributed by atoms with Gasteiger partial charge in [-0.1, -0.05) is 20.8 Å². The van der Waals surface area contributed by atoms with E-state index in [1.807, 2.05) is 40.8 Å². The first-order valence-electron chi connectivity index (χ1n) is 9.31. The van der Waals surface area contributed by atoms with Gasteiger partial charge in [0.1, 0.15) is 11.9 Å². The van der Waals surface area contributed by atoms with Gasteiger partial charge in [-0.05, 0) is 43.7 Å². The summed E-state index contributed by atoms with van der Waals surface area (Å²) in [6.07, 6.45) is 2.77. The van der Waals surface area contributed by atoms with E-state index in [0.29, 0.717) is 5.82 Å². The molecule has 1 aliphatic heterocycles. The van der Waals surface area contributed by atoms with E-state index in [4.69, 9.17) is 4.98 Å². The Morgan fingerprint density at radius 2 is 2.15 bits per heavy atom. The van der Waals surface area contributed by atoms with Crippen LogP contribution in [0.2, 0.25) is 0 Å². The van der Waals surface area contributed by atoms with Crippen molar-refractivity contribution >= 4 is 28.7 Å². The van der Waals surface area contributed by atoms with Gasteiger partial charge in [-0.15, -0.1) is 11.3 Å². The summed E-state index contributed by atoms with van der Waals surface area (Å²) in [6.45, 7) is 11.3. The van der Waals surface area contributed by atoms with Crippen molar-refractivity contribution in [3.63, 3.8) is 0 Å². The number of thiazole rings is 1. The molecule has 1 amide bonds. The highest BCUT2D eigenvalue weighted by atomic mass is 32.1. The second-order valence-electron chi connectivity index (χ2n) is 8.25. The van der Waals surface area contributed by atoms with E-state index in [0.717, 1.165) is 47.9 Å². The minimum Gasteiger partial charge on any atom is -0.383 e. The fourth-order valence-electron chi connectivity index (χ4n) is 3.19. The number of aliphatic hydroxyl groups is 1. The first-order chi connectivity index (χ1) is 12.6. The van der Waals surface area contributed by atoms with Gasteiger partial charge in [-0.25, -0.2) is 9.97 Å². The van der Waals surface area contributed by atoms with Gasteiger partial charge >= 0.3 is 0 Å². The smallest absolute Gasteiger partial charge is 0.254 e. The van der Waals surface area contributed by atoms with E-state index in [1.165, 1.54) is 4.88 Å². The maximum Gasteiger partial charge on any atom is 0.254 e. The molecule has 2 aromatic rings. The van der Waals surface area contributed by atoms with E-state index in [9.17, 15) is 9.90 Å². The Bertz CT molecular complexity index is 841. The molecule has 0 spiro atoms. The third kappa shape index (κ3) is 4.47. The van der Waals surface area contributed by atoms with E-state index >= 15 is 0 Å². The number of hydrogen-bond donors (Lipinski definition) is 2. The Morgan fingerprint density at radius 1 is 1.41 bits per heavy atom. The molecular formula is C20H28N4O2S. The van der Waals surface area contributed by atoms with Crippen LogP contribution >= 0.6 is 11.3 Å². The molecule has 2 aromatic heterocycles. The number of amides is 1. The quantitative estimate of drug-likeness (QED) is 0.839. The standard InChI is InChI=1S/C20H28N4O2S/c1-12-9-16-15(22-18(12)23-19(26)17(25)20(3,4)5)7-6-8-24(16)11-14-10-21-13(2)27-14/h9-10,17,25H,6-8,11H2,1-5H3,(H,22,23,26)/t17-/m0/s1. The number of nitrogens with one attached hydrogen (secondary N) is 1. The number of hydrogen-bond acceptors (Lipinski definition) is 6. The summed E-state index contributed by atoms with van der Waals surface area (Å²) in [5.74, 6) is 0.128. The lowest BCUT2D eigenvalue weighted by atomic mass is 9.88. The van der Waals surface area contributed by atoms with Crippen molar-refractivity contribution in [2.45, 2.75) is 60.1 Å². The first-order valence-corrected chi connectivity index (χ1v) is 10.1. The molecule has 1 aliphatic rings. The van der Waals surface area contributed by atoms with Crippen LogP contribution in [0.4, 0.5) is 11.5 Å². The van der Waals surface area contributed by atoms with Crippen LogP contribution in [0.3, 0.4) is 0 Å². The third-order valence-corrected chi connectivity index (χ3v) is 5.68. The molecule has 0 saturated carbocycles. The number of nitrogens with zero attached hydrogens (tertiary/aromatic N) is 3. The highest BCUT2D eigenvalue weighted by molar-refractivity contribution is 7.11. The predicted octanol–water partition coefficient (Wildman–Crippen LogP) is 3.45. The molecule has 0 aromatic carbocycles. The number of carbonyl (C=O) groups is 1.